The Morgan fingerprint density at radius 2 is 2.20 bits per heavy atom. The molecule has 0 aromatic heterocycles. The van der Waals surface area contributed by atoms with Gasteiger partial charge in [0, 0.05) is 12.0 Å². The van der Waals surface area contributed by atoms with Gasteiger partial charge in [-0.2, -0.15) is 0 Å². The summed E-state index contributed by atoms with van der Waals surface area (Å²) in [4.78, 5) is 22.8. The fraction of sp³-hybridized carbons (Fsp3) is 0.818. The summed E-state index contributed by atoms with van der Waals surface area (Å²) in [7, 11) is 0. The number of rotatable bonds is 4. The van der Waals surface area contributed by atoms with Crippen molar-refractivity contribution in [2.45, 2.75) is 39.2 Å². The standard InChI is InChI=1S/C11H19NO3/c1-3-15-11(14)7-10(13)9-4-5-12-8(2)6-9/h8-9,12H,3-7H2,1-2H3. The number of carbonyl (C=O) groups is 2. The van der Waals surface area contributed by atoms with E-state index in [2.05, 4.69) is 12.2 Å². The third kappa shape index (κ3) is 4.00. The van der Waals surface area contributed by atoms with Crippen LogP contribution in [0.1, 0.15) is 33.1 Å². The van der Waals surface area contributed by atoms with Gasteiger partial charge in [-0.3, -0.25) is 9.59 Å². The van der Waals surface area contributed by atoms with Crippen molar-refractivity contribution in [3.05, 3.63) is 0 Å². The maximum absolute atomic E-state index is 11.7. The lowest BCUT2D eigenvalue weighted by Gasteiger charge is -2.26. The Balaban J connectivity index is 2.35. The highest BCUT2D eigenvalue weighted by Crippen LogP contribution is 2.18. The SMILES string of the molecule is CCOC(=O)CC(=O)C1CCNC(C)C1. The van der Waals surface area contributed by atoms with Crippen LogP contribution in [-0.2, 0) is 14.3 Å². The summed E-state index contributed by atoms with van der Waals surface area (Å²) in [6, 6.07) is 0.370. The molecule has 1 heterocycles. The van der Waals surface area contributed by atoms with Crippen molar-refractivity contribution >= 4 is 11.8 Å². The smallest absolute Gasteiger partial charge is 0.313 e. The number of Topliss-reactive ketones (excluding diaryl/α,β-unsaturated/α-hetero) is 1. The molecule has 1 aliphatic rings. The minimum atomic E-state index is -0.395. The first-order valence-electron chi connectivity index (χ1n) is 5.55. The van der Waals surface area contributed by atoms with Gasteiger partial charge in [-0.1, -0.05) is 0 Å². The zero-order valence-electron chi connectivity index (χ0n) is 9.41. The lowest BCUT2D eigenvalue weighted by molar-refractivity contribution is -0.146. The summed E-state index contributed by atoms with van der Waals surface area (Å²) in [5, 5.41) is 3.28. The number of hydrogen-bond acceptors (Lipinski definition) is 4. The molecule has 0 saturated carbocycles. The van der Waals surface area contributed by atoms with Crippen molar-refractivity contribution in [3.8, 4) is 0 Å². The maximum atomic E-state index is 11.7. The zero-order chi connectivity index (χ0) is 11.3. The molecule has 4 nitrogen and oxygen atoms in total. The first-order chi connectivity index (χ1) is 7.13. The molecule has 86 valence electrons. The molecule has 0 radical (unpaired) electrons. The van der Waals surface area contributed by atoms with Crippen molar-refractivity contribution < 1.29 is 14.3 Å². The summed E-state index contributed by atoms with van der Waals surface area (Å²) in [5.74, 6) is -0.332. The van der Waals surface area contributed by atoms with E-state index in [0.717, 1.165) is 19.4 Å². The van der Waals surface area contributed by atoms with E-state index < -0.39 is 5.97 Å². The molecule has 1 aliphatic heterocycles. The molecule has 0 aliphatic carbocycles. The molecule has 1 N–H and O–H groups in total. The second kappa shape index (κ2) is 5.85. The first kappa shape index (κ1) is 12.2. The number of nitrogens with one attached hydrogen (secondary N) is 1. The Morgan fingerprint density at radius 3 is 2.80 bits per heavy atom. The van der Waals surface area contributed by atoms with E-state index in [-0.39, 0.29) is 18.1 Å². The second-order valence-electron chi connectivity index (χ2n) is 4.02. The van der Waals surface area contributed by atoms with E-state index in [9.17, 15) is 9.59 Å². The van der Waals surface area contributed by atoms with Gasteiger partial charge in [-0.25, -0.2) is 0 Å². The summed E-state index contributed by atoms with van der Waals surface area (Å²) in [6.07, 6.45) is 1.60. The highest BCUT2D eigenvalue weighted by atomic mass is 16.5. The number of carbonyl (C=O) groups excluding carboxylic acids is 2. The van der Waals surface area contributed by atoms with Crippen LogP contribution < -0.4 is 5.32 Å². The highest BCUT2D eigenvalue weighted by Gasteiger charge is 2.26. The molecule has 2 atom stereocenters. The van der Waals surface area contributed by atoms with Crippen LogP contribution in [0.15, 0.2) is 0 Å². The number of piperidine rings is 1. The topological polar surface area (TPSA) is 55.4 Å². The third-order valence-electron chi connectivity index (χ3n) is 2.70. The van der Waals surface area contributed by atoms with E-state index in [1.807, 2.05) is 0 Å². The van der Waals surface area contributed by atoms with E-state index >= 15 is 0 Å². The van der Waals surface area contributed by atoms with E-state index in [0.29, 0.717) is 12.6 Å². The Kier molecular flexibility index (Phi) is 4.75. The Labute approximate surface area is 90.4 Å². The third-order valence-corrected chi connectivity index (χ3v) is 2.70. The van der Waals surface area contributed by atoms with Gasteiger partial charge < -0.3 is 10.1 Å². The molecule has 4 heteroatoms. The minimum Gasteiger partial charge on any atom is -0.466 e. The molecular formula is C11H19NO3. The maximum Gasteiger partial charge on any atom is 0.313 e. The van der Waals surface area contributed by atoms with Crippen LogP contribution in [0.5, 0.6) is 0 Å². The lowest BCUT2D eigenvalue weighted by Crippen LogP contribution is -2.39. The van der Waals surface area contributed by atoms with Crippen molar-refractivity contribution in [3.63, 3.8) is 0 Å². The minimum absolute atomic E-state index is 0.0294. The van der Waals surface area contributed by atoms with E-state index in [1.165, 1.54) is 0 Å². The highest BCUT2D eigenvalue weighted by molar-refractivity contribution is 5.96. The normalized spacial score (nSPS) is 26.0. The van der Waals surface area contributed by atoms with Gasteiger partial charge in [0.15, 0.2) is 0 Å². The van der Waals surface area contributed by atoms with Crippen LogP contribution in [0, 0.1) is 5.92 Å². The zero-order valence-corrected chi connectivity index (χ0v) is 9.41. The second-order valence-corrected chi connectivity index (χ2v) is 4.02. The monoisotopic (exact) mass is 213 g/mol. The predicted octanol–water partition coefficient (Wildman–Crippen LogP) is 0.897. The van der Waals surface area contributed by atoms with E-state index in [4.69, 9.17) is 4.74 Å². The van der Waals surface area contributed by atoms with Crippen LogP contribution in [0.2, 0.25) is 0 Å². The average Bonchev–Trinajstić information content (AvgIpc) is 2.18. The van der Waals surface area contributed by atoms with Crippen LogP contribution in [0.3, 0.4) is 0 Å². The predicted molar refractivity (Wildman–Crippen MR) is 56.4 cm³/mol. The molecule has 0 bridgehead atoms. The molecular weight excluding hydrogens is 194 g/mol. The summed E-state index contributed by atoms with van der Waals surface area (Å²) < 4.78 is 4.75. The Morgan fingerprint density at radius 1 is 1.47 bits per heavy atom. The van der Waals surface area contributed by atoms with Gasteiger partial charge in [-0.15, -0.1) is 0 Å². The molecule has 0 aromatic carbocycles. The first-order valence-corrected chi connectivity index (χ1v) is 5.55. The van der Waals surface area contributed by atoms with Crippen molar-refractivity contribution in [1.82, 2.24) is 5.32 Å². The van der Waals surface area contributed by atoms with Gasteiger partial charge in [0.1, 0.15) is 12.2 Å². The average molecular weight is 213 g/mol. The molecule has 0 amide bonds. The van der Waals surface area contributed by atoms with Crippen LogP contribution in [-0.4, -0.2) is 30.9 Å². The molecule has 0 spiro atoms. The van der Waals surface area contributed by atoms with Gasteiger partial charge in [0.25, 0.3) is 0 Å². The largest absolute Gasteiger partial charge is 0.466 e. The van der Waals surface area contributed by atoms with Crippen LogP contribution in [0.25, 0.3) is 0 Å². The number of ether oxygens (including phenoxy) is 1. The van der Waals surface area contributed by atoms with Gasteiger partial charge in [0.05, 0.1) is 6.61 Å². The Hall–Kier alpha value is -0.900. The van der Waals surface area contributed by atoms with E-state index in [1.54, 1.807) is 6.92 Å². The lowest BCUT2D eigenvalue weighted by atomic mass is 9.88. The van der Waals surface area contributed by atoms with Gasteiger partial charge in [-0.05, 0) is 33.2 Å². The summed E-state index contributed by atoms with van der Waals surface area (Å²) >= 11 is 0. The van der Waals surface area contributed by atoms with Crippen molar-refractivity contribution in [1.29, 1.82) is 0 Å². The van der Waals surface area contributed by atoms with Gasteiger partial charge >= 0.3 is 5.97 Å². The summed E-state index contributed by atoms with van der Waals surface area (Å²) in [6.45, 7) is 5.01. The number of esters is 1. The molecule has 2 unspecified atom stereocenters. The van der Waals surface area contributed by atoms with Gasteiger partial charge in [0.2, 0.25) is 0 Å². The molecule has 1 saturated heterocycles. The molecule has 1 fully saturated rings. The summed E-state index contributed by atoms with van der Waals surface area (Å²) in [5.41, 5.74) is 0. The quantitative estimate of drug-likeness (QED) is 0.557. The fourth-order valence-electron chi connectivity index (χ4n) is 1.92. The molecule has 15 heavy (non-hydrogen) atoms. The van der Waals surface area contributed by atoms with Crippen molar-refractivity contribution in [2.75, 3.05) is 13.2 Å². The fourth-order valence-corrected chi connectivity index (χ4v) is 1.92. The Bertz CT molecular complexity index is 240. The molecule has 0 aromatic rings. The van der Waals surface area contributed by atoms with Crippen LogP contribution in [0.4, 0.5) is 0 Å². The molecule has 1 rings (SSSR count). The van der Waals surface area contributed by atoms with Crippen molar-refractivity contribution in [2.24, 2.45) is 5.92 Å². The number of hydrogen-bond donors (Lipinski definition) is 1. The van der Waals surface area contributed by atoms with Crippen LogP contribution >= 0.6 is 0 Å². The number of ketones is 1.